The Kier molecular flexibility index (Phi) is 3.93. The monoisotopic (exact) mass is 201 g/mol. The van der Waals surface area contributed by atoms with Gasteiger partial charge in [0, 0.05) is 18.6 Å². The Bertz CT molecular complexity index is 174. The first-order valence-corrected chi connectivity index (χ1v) is 5.58. The average molecular weight is 201 g/mol. The lowest BCUT2D eigenvalue weighted by atomic mass is 9.71. The second kappa shape index (κ2) is 4.60. The third-order valence-electron chi connectivity index (χ3n) is 3.68. The molecule has 84 valence electrons. The summed E-state index contributed by atoms with van der Waals surface area (Å²) in [7, 11) is 0. The molecular weight excluding hydrogens is 178 g/mol. The normalized spacial score (nSPS) is 24.9. The first kappa shape index (κ1) is 12.0. The standard InChI is InChI=1S/C11H23NO2/c1-3-14-9-10(2,13)11(8-12)6-4-5-7-11/h13H,3-9,12H2,1-2H3. The molecule has 3 N–H and O–H groups in total. The molecule has 1 fully saturated rings. The number of ether oxygens (including phenoxy) is 1. The second-order valence-electron chi connectivity index (χ2n) is 4.60. The fourth-order valence-corrected chi connectivity index (χ4v) is 2.47. The number of hydrogen-bond acceptors (Lipinski definition) is 3. The molecule has 0 aromatic carbocycles. The Morgan fingerprint density at radius 1 is 1.43 bits per heavy atom. The molecule has 0 aromatic rings. The molecule has 1 saturated carbocycles. The smallest absolute Gasteiger partial charge is 0.0919 e. The van der Waals surface area contributed by atoms with E-state index in [0.717, 1.165) is 12.8 Å². The van der Waals surface area contributed by atoms with Gasteiger partial charge in [-0.1, -0.05) is 12.8 Å². The number of nitrogens with two attached hydrogens (primary N) is 1. The van der Waals surface area contributed by atoms with Gasteiger partial charge >= 0.3 is 0 Å². The Hall–Kier alpha value is -0.120. The van der Waals surface area contributed by atoms with Crippen LogP contribution in [0.1, 0.15) is 39.5 Å². The van der Waals surface area contributed by atoms with E-state index in [0.29, 0.717) is 19.8 Å². The van der Waals surface area contributed by atoms with Gasteiger partial charge in [0.05, 0.1) is 12.2 Å². The highest BCUT2D eigenvalue weighted by Gasteiger charge is 2.47. The predicted octanol–water partition coefficient (Wildman–Crippen LogP) is 1.29. The van der Waals surface area contributed by atoms with Gasteiger partial charge in [0.2, 0.25) is 0 Å². The average Bonchev–Trinajstić information content (AvgIpc) is 2.64. The van der Waals surface area contributed by atoms with Crippen LogP contribution < -0.4 is 5.73 Å². The summed E-state index contributed by atoms with van der Waals surface area (Å²) in [6.45, 7) is 5.42. The van der Waals surface area contributed by atoms with Crippen LogP contribution >= 0.6 is 0 Å². The summed E-state index contributed by atoms with van der Waals surface area (Å²) in [5.74, 6) is 0. The zero-order chi connectivity index (χ0) is 10.7. The first-order valence-electron chi connectivity index (χ1n) is 5.58. The van der Waals surface area contributed by atoms with Crippen molar-refractivity contribution in [3.8, 4) is 0 Å². The third kappa shape index (κ3) is 2.10. The van der Waals surface area contributed by atoms with Crippen molar-refractivity contribution in [1.82, 2.24) is 0 Å². The van der Waals surface area contributed by atoms with Crippen molar-refractivity contribution in [2.24, 2.45) is 11.1 Å². The van der Waals surface area contributed by atoms with Crippen molar-refractivity contribution < 1.29 is 9.84 Å². The molecule has 3 heteroatoms. The topological polar surface area (TPSA) is 55.5 Å². The maximum absolute atomic E-state index is 10.4. The van der Waals surface area contributed by atoms with E-state index in [2.05, 4.69) is 0 Å². The van der Waals surface area contributed by atoms with Crippen molar-refractivity contribution in [3.63, 3.8) is 0 Å². The van der Waals surface area contributed by atoms with E-state index in [1.807, 2.05) is 13.8 Å². The summed E-state index contributed by atoms with van der Waals surface area (Å²) in [6.07, 6.45) is 4.42. The van der Waals surface area contributed by atoms with E-state index in [4.69, 9.17) is 10.5 Å². The molecule has 0 heterocycles. The lowest BCUT2D eigenvalue weighted by Crippen LogP contribution is -2.52. The molecule has 0 saturated heterocycles. The van der Waals surface area contributed by atoms with E-state index in [9.17, 15) is 5.11 Å². The van der Waals surface area contributed by atoms with Crippen LogP contribution in [0, 0.1) is 5.41 Å². The molecule has 14 heavy (non-hydrogen) atoms. The summed E-state index contributed by atoms with van der Waals surface area (Å²) in [5.41, 5.74) is 4.93. The lowest BCUT2D eigenvalue weighted by Gasteiger charge is -2.41. The second-order valence-corrected chi connectivity index (χ2v) is 4.60. The van der Waals surface area contributed by atoms with E-state index < -0.39 is 5.60 Å². The summed E-state index contributed by atoms with van der Waals surface area (Å²) in [6, 6.07) is 0. The zero-order valence-corrected chi connectivity index (χ0v) is 9.38. The molecule has 0 spiro atoms. The predicted molar refractivity (Wildman–Crippen MR) is 57.1 cm³/mol. The van der Waals surface area contributed by atoms with Gasteiger partial charge in [-0.15, -0.1) is 0 Å². The first-order chi connectivity index (χ1) is 6.58. The minimum absolute atomic E-state index is 0.109. The highest BCUT2D eigenvalue weighted by molar-refractivity contribution is 4.99. The van der Waals surface area contributed by atoms with E-state index in [1.54, 1.807) is 0 Å². The quantitative estimate of drug-likeness (QED) is 0.705. The van der Waals surface area contributed by atoms with Gasteiger partial charge in [0.15, 0.2) is 0 Å². The summed E-state index contributed by atoms with van der Waals surface area (Å²) in [5, 5.41) is 10.4. The van der Waals surface area contributed by atoms with Gasteiger partial charge in [-0.05, 0) is 26.7 Å². The molecule has 0 aromatic heterocycles. The maximum Gasteiger partial charge on any atom is 0.0919 e. The number of aliphatic hydroxyl groups is 1. The third-order valence-corrected chi connectivity index (χ3v) is 3.68. The Labute approximate surface area is 86.6 Å². The van der Waals surface area contributed by atoms with Crippen molar-refractivity contribution in [2.75, 3.05) is 19.8 Å². The fourth-order valence-electron chi connectivity index (χ4n) is 2.47. The molecule has 0 bridgehead atoms. The van der Waals surface area contributed by atoms with Crippen molar-refractivity contribution in [1.29, 1.82) is 0 Å². The molecule has 3 nitrogen and oxygen atoms in total. The van der Waals surface area contributed by atoms with E-state index in [-0.39, 0.29) is 5.41 Å². The molecule has 1 aliphatic rings. The van der Waals surface area contributed by atoms with Crippen molar-refractivity contribution >= 4 is 0 Å². The summed E-state index contributed by atoms with van der Waals surface area (Å²) < 4.78 is 5.33. The molecule has 0 radical (unpaired) electrons. The van der Waals surface area contributed by atoms with Gasteiger partial charge in [-0.25, -0.2) is 0 Å². The molecule has 0 amide bonds. The number of hydrogen-bond donors (Lipinski definition) is 2. The highest BCUT2D eigenvalue weighted by atomic mass is 16.5. The van der Waals surface area contributed by atoms with Gasteiger partial charge in [0.25, 0.3) is 0 Å². The van der Waals surface area contributed by atoms with E-state index in [1.165, 1.54) is 12.8 Å². The van der Waals surface area contributed by atoms with Crippen LogP contribution in [0.3, 0.4) is 0 Å². The Morgan fingerprint density at radius 3 is 2.43 bits per heavy atom. The van der Waals surface area contributed by atoms with Gasteiger partial charge < -0.3 is 15.6 Å². The Morgan fingerprint density at radius 2 is 2.00 bits per heavy atom. The van der Waals surface area contributed by atoms with Crippen LogP contribution in [-0.4, -0.2) is 30.5 Å². The van der Waals surface area contributed by atoms with Gasteiger partial charge in [-0.3, -0.25) is 0 Å². The summed E-state index contributed by atoms with van der Waals surface area (Å²) in [4.78, 5) is 0. The van der Waals surface area contributed by atoms with Gasteiger partial charge in [0.1, 0.15) is 0 Å². The minimum Gasteiger partial charge on any atom is -0.387 e. The lowest BCUT2D eigenvalue weighted by molar-refractivity contribution is -0.114. The SMILES string of the molecule is CCOCC(C)(O)C1(CN)CCCC1. The van der Waals surface area contributed by atoms with Crippen LogP contribution in [0.15, 0.2) is 0 Å². The molecule has 1 aliphatic carbocycles. The maximum atomic E-state index is 10.4. The molecule has 0 aliphatic heterocycles. The molecule has 1 atom stereocenters. The van der Waals surface area contributed by atoms with Crippen LogP contribution in [-0.2, 0) is 4.74 Å². The Balaban J connectivity index is 2.65. The highest BCUT2D eigenvalue weighted by Crippen LogP contribution is 2.45. The zero-order valence-electron chi connectivity index (χ0n) is 9.38. The van der Waals surface area contributed by atoms with Crippen LogP contribution in [0.4, 0.5) is 0 Å². The molecular formula is C11H23NO2. The fraction of sp³-hybridized carbons (Fsp3) is 1.00. The minimum atomic E-state index is -0.770. The van der Waals surface area contributed by atoms with Gasteiger partial charge in [-0.2, -0.15) is 0 Å². The van der Waals surface area contributed by atoms with Crippen LogP contribution in [0.5, 0.6) is 0 Å². The number of rotatable bonds is 5. The molecule has 1 unspecified atom stereocenters. The van der Waals surface area contributed by atoms with Crippen LogP contribution in [0.2, 0.25) is 0 Å². The van der Waals surface area contributed by atoms with E-state index >= 15 is 0 Å². The van der Waals surface area contributed by atoms with Crippen molar-refractivity contribution in [2.45, 2.75) is 45.1 Å². The van der Waals surface area contributed by atoms with Crippen molar-refractivity contribution in [3.05, 3.63) is 0 Å². The largest absolute Gasteiger partial charge is 0.387 e. The van der Waals surface area contributed by atoms with Crippen LogP contribution in [0.25, 0.3) is 0 Å². The summed E-state index contributed by atoms with van der Waals surface area (Å²) >= 11 is 0. The molecule has 1 rings (SSSR count).